The van der Waals surface area contributed by atoms with Gasteiger partial charge in [0, 0.05) is 24.7 Å². The van der Waals surface area contributed by atoms with Crippen molar-refractivity contribution in [1.29, 1.82) is 0 Å². The summed E-state index contributed by atoms with van der Waals surface area (Å²) in [5, 5.41) is 0. The van der Waals surface area contributed by atoms with Crippen LogP contribution in [0.1, 0.15) is 40.0 Å². The van der Waals surface area contributed by atoms with E-state index in [1.807, 2.05) is 4.90 Å². The van der Waals surface area contributed by atoms with E-state index in [0.29, 0.717) is 6.04 Å². The van der Waals surface area contributed by atoms with E-state index in [2.05, 4.69) is 39.3 Å². The number of hydrogen-bond donors (Lipinski definition) is 0. The number of hydrogen-bond acceptors (Lipinski definition) is 2. The molecule has 0 aromatic rings. The Morgan fingerprint density at radius 3 is 2.59 bits per heavy atom. The highest BCUT2D eigenvalue weighted by atomic mass is 16.2. The molecule has 1 heterocycles. The lowest BCUT2D eigenvalue weighted by molar-refractivity contribution is -0.126. The van der Waals surface area contributed by atoms with Crippen molar-refractivity contribution in [1.82, 2.24) is 9.80 Å². The Balaban J connectivity index is 2.72. The van der Waals surface area contributed by atoms with Gasteiger partial charge in [0.1, 0.15) is 0 Å². The molecule has 0 N–H and O–H groups in total. The van der Waals surface area contributed by atoms with Crippen LogP contribution in [0, 0.1) is 0 Å². The Bertz CT molecular complexity index is 280. The SMILES string of the molecule is C=CC(=O)N1CCCCC(N(C)C(C)(C)C)C1. The van der Waals surface area contributed by atoms with Gasteiger partial charge in [-0.05, 0) is 46.7 Å². The quantitative estimate of drug-likeness (QED) is 0.689. The number of carbonyl (C=O) groups is 1. The highest BCUT2D eigenvalue weighted by molar-refractivity contribution is 5.87. The van der Waals surface area contributed by atoms with Gasteiger partial charge in [0.05, 0.1) is 0 Å². The molecule has 1 atom stereocenters. The molecule has 0 bridgehead atoms. The molecule has 0 saturated carbocycles. The van der Waals surface area contributed by atoms with Crippen LogP contribution in [-0.2, 0) is 4.79 Å². The van der Waals surface area contributed by atoms with E-state index in [1.54, 1.807) is 0 Å². The lowest BCUT2D eigenvalue weighted by Gasteiger charge is -2.39. The molecule has 17 heavy (non-hydrogen) atoms. The van der Waals surface area contributed by atoms with Crippen LogP contribution in [0.2, 0.25) is 0 Å². The van der Waals surface area contributed by atoms with Crippen molar-refractivity contribution in [3.05, 3.63) is 12.7 Å². The lowest BCUT2D eigenvalue weighted by atomic mass is 10.0. The fraction of sp³-hybridized carbons (Fsp3) is 0.786. The van der Waals surface area contributed by atoms with Crippen LogP contribution in [-0.4, -0.2) is 47.4 Å². The van der Waals surface area contributed by atoms with Crippen LogP contribution in [0.4, 0.5) is 0 Å². The van der Waals surface area contributed by atoms with Gasteiger partial charge in [0.15, 0.2) is 0 Å². The molecule has 0 aromatic heterocycles. The van der Waals surface area contributed by atoms with Crippen LogP contribution in [0.25, 0.3) is 0 Å². The molecule has 3 heteroatoms. The fourth-order valence-electron chi connectivity index (χ4n) is 2.31. The Labute approximate surface area is 105 Å². The molecule has 1 saturated heterocycles. The van der Waals surface area contributed by atoms with E-state index in [-0.39, 0.29) is 11.4 Å². The molecule has 0 spiro atoms. The summed E-state index contributed by atoms with van der Waals surface area (Å²) in [5.74, 6) is 0.0687. The summed E-state index contributed by atoms with van der Waals surface area (Å²) in [6.07, 6.45) is 4.91. The summed E-state index contributed by atoms with van der Waals surface area (Å²) in [6.45, 7) is 11.9. The van der Waals surface area contributed by atoms with Gasteiger partial charge in [-0.15, -0.1) is 0 Å². The molecule has 3 nitrogen and oxygen atoms in total. The Morgan fingerprint density at radius 1 is 1.41 bits per heavy atom. The standard InChI is InChI=1S/C14H26N2O/c1-6-13(17)16-10-8-7-9-12(11-16)15(5)14(2,3)4/h6,12H,1,7-11H2,2-5H3. The molecule has 98 valence electrons. The first-order chi connectivity index (χ1) is 7.86. The van der Waals surface area contributed by atoms with Gasteiger partial charge >= 0.3 is 0 Å². The molecule has 1 amide bonds. The zero-order valence-electron chi connectivity index (χ0n) is 11.7. The lowest BCUT2D eigenvalue weighted by Crippen LogP contribution is -2.50. The number of nitrogens with zero attached hydrogens (tertiary/aromatic N) is 2. The van der Waals surface area contributed by atoms with Crippen molar-refractivity contribution in [2.45, 2.75) is 51.6 Å². The third-order valence-electron chi connectivity index (χ3n) is 3.74. The van der Waals surface area contributed by atoms with Gasteiger partial charge in [-0.25, -0.2) is 0 Å². The molecule has 1 unspecified atom stereocenters. The maximum atomic E-state index is 11.7. The topological polar surface area (TPSA) is 23.6 Å². The van der Waals surface area contributed by atoms with Gasteiger partial charge in [0.25, 0.3) is 0 Å². The van der Waals surface area contributed by atoms with E-state index < -0.39 is 0 Å². The highest BCUT2D eigenvalue weighted by Gasteiger charge is 2.29. The Hall–Kier alpha value is -0.830. The van der Waals surface area contributed by atoms with Crippen molar-refractivity contribution in [3.8, 4) is 0 Å². The molecule has 1 fully saturated rings. The summed E-state index contributed by atoms with van der Waals surface area (Å²) < 4.78 is 0. The van der Waals surface area contributed by atoms with Crippen molar-refractivity contribution >= 4 is 5.91 Å². The van der Waals surface area contributed by atoms with Crippen LogP contribution in [0.5, 0.6) is 0 Å². The van der Waals surface area contributed by atoms with E-state index in [4.69, 9.17) is 0 Å². The van der Waals surface area contributed by atoms with Gasteiger partial charge in [-0.2, -0.15) is 0 Å². The van der Waals surface area contributed by atoms with Crippen LogP contribution in [0.3, 0.4) is 0 Å². The second-order valence-corrected chi connectivity index (χ2v) is 5.92. The van der Waals surface area contributed by atoms with E-state index in [1.165, 1.54) is 18.9 Å². The zero-order chi connectivity index (χ0) is 13.1. The minimum atomic E-state index is 0.0687. The second kappa shape index (κ2) is 5.67. The predicted molar refractivity (Wildman–Crippen MR) is 71.9 cm³/mol. The molecular weight excluding hydrogens is 212 g/mol. The summed E-state index contributed by atoms with van der Waals surface area (Å²) in [5.41, 5.74) is 0.151. The van der Waals surface area contributed by atoms with Gasteiger partial charge in [-0.3, -0.25) is 9.69 Å². The minimum absolute atomic E-state index is 0.0687. The number of carbonyl (C=O) groups excluding carboxylic acids is 1. The summed E-state index contributed by atoms with van der Waals surface area (Å²) >= 11 is 0. The summed E-state index contributed by atoms with van der Waals surface area (Å²) in [7, 11) is 2.16. The maximum Gasteiger partial charge on any atom is 0.246 e. The first-order valence-electron chi connectivity index (χ1n) is 6.50. The van der Waals surface area contributed by atoms with Crippen molar-refractivity contribution < 1.29 is 4.79 Å². The number of rotatable bonds is 2. The molecule has 1 aliphatic heterocycles. The first kappa shape index (κ1) is 14.2. The van der Waals surface area contributed by atoms with E-state index in [9.17, 15) is 4.79 Å². The predicted octanol–water partition coefficient (Wildman–Crippen LogP) is 2.28. The highest BCUT2D eigenvalue weighted by Crippen LogP contribution is 2.21. The third-order valence-corrected chi connectivity index (χ3v) is 3.74. The molecule has 1 aliphatic rings. The Morgan fingerprint density at radius 2 is 2.06 bits per heavy atom. The number of amides is 1. The van der Waals surface area contributed by atoms with Crippen LogP contribution in [0.15, 0.2) is 12.7 Å². The van der Waals surface area contributed by atoms with Crippen molar-refractivity contribution in [3.63, 3.8) is 0 Å². The van der Waals surface area contributed by atoms with Gasteiger partial charge in [0.2, 0.25) is 5.91 Å². The van der Waals surface area contributed by atoms with Crippen LogP contribution >= 0.6 is 0 Å². The third kappa shape index (κ3) is 3.84. The largest absolute Gasteiger partial charge is 0.338 e. The average Bonchev–Trinajstić information content (AvgIpc) is 2.51. The number of likely N-dealkylation sites (tertiary alicyclic amines) is 1. The molecular formula is C14H26N2O. The van der Waals surface area contributed by atoms with E-state index in [0.717, 1.165) is 19.5 Å². The molecule has 0 aliphatic carbocycles. The first-order valence-corrected chi connectivity index (χ1v) is 6.50. The molecule has 0 radical (unpaired) electrons. The van der Waals surface area contributed by atoms with Crippen LogP contribution < -0.4 is 0 Å². The zero-order valence-corrected chi connectivity index (χ0v) is 11.7. The van der Waals surface area contributed by atoms with Crippen molar-refractivity contribution in [2.75, 3.05) is 20.1 Å². The number of likely N-dealkylation sites (N-methyl/N-ethyl adjacent to an activating group) is 1. The smallest absolute Gasteiger partial charge is 0.246 e. The van der Waals surface area contributed by atoms with Gasteiger partial charge < -0.3 is 4.90 Å². The van der Waals surface area contributed by atoms with E-state index >= 15 is 0 Å². The maximum absolute atomic E-state index is 11.7. The Kier molecular flexibility index (Phi) is 4.75. The second-order valence-electron chi connectivity index (χ2n) is 5.92. The molecule has 0 aromatic carbocycles. The van der Waals surface area contributed by atoms with Gasteiger partial charge in [-0.1, -0.05) is 13.0 Å². The average molecular weight is 238 g/mol. The monoisotopic (exact) mass is 238 g/mol. The summed E-state index contributed by atoms with van der Waals surface area (Å²) in [6, 6.07) is 0.460. The normalized spacial score (nSPS) is 22.4. The molecule has 1 rings (SSSR count). The minimum Gasteiger partial charge on any atom is -0.338 e. The van der Waals surface area contributed by atoms with Crippen molar-refractivity contribution in [2.24, 2.45) is 0 Å². The summed E-state index contributed by atoms with van der Waals surface area (Å²) in [4.78, 5) is 16.1. The fourth-order valence-corrected chi connectivity index (χ4v) is 2.31.